The molecule has 7 aromatic carbocycles. The third kappa shape index (κ3) is 2.77. The first-order valence-corrected chi connectivity index (χ1v) is 14.6. The first-order valence-electron chi connectivity index (χ1n) is 14.6. The monoisotopic (exact) mass is 580 g/mol. The van der Waals surface area contributed by atoms with Crippen molar-refractivity contribution in [2.45, 2.75) is 41.0 Å². The van der Waals surface area contributed by atoms with Crippen LogP contribution >= 0.6 is 0 Å². The largest absolute Gasteiger partial charge is 0.443 e. The summed E-state index contributed by atoms with van der Waals surface area (Å²) in [6.07, 6.45) is 0. The number of carbonyl (C=O) groups is 1. The van der Waals surface area contributed by atoms with E-state index >= 15 is 0 Å². The van der Waals surface area contributed by atoms with E-state index in [9.17, 15) is 24.0 Å². The predicted octanol–water partition coefficient (Wildman–Crippen LogP) is 5.71. The van der Waals surface area contributed by atoms with Crippen molar-refractivity contribution in [3.63, 3.8) is 0 Å². The SMILES string of the molecule is CCn1c(=O)c2cc3ccc4cc5c(=O)n(COC(=O)C(C)(C)C)c(=O)c6cc7ccc8cc(c1=O)c2c1c3c4c(c56)c7c81. The number of rotatable bonds is 3. The van der Waals surface area contributed by atoms with Gasteiger partial charge in [-0.2, -0.15) is 0 Å². The van der Waals surface area contributed by atoms with Gasteiger partial charge in [0.2, 0.25) is 0 Å². The average molecular weight is 581 g/mol. The second kappa shape index (κ2) is 7.77. The Morgan fingerprint density at radius 1 is 0.568 bits per heavy atom. The summed E-state index contributed by atoms with van der Waals surface area (Å²) in [6.45, 7) is 6.72. The van der Waals surface area contributed by atoms with E-state index in [1.165, 1.54) is 4.57 Å². The van der Waals surface area contributed by atoms with E-state index in [2.05, 4.69) is 0 Å². The zero-order valence-corrected chi connectivity index (χ0v) is 24.4. The minimum atomic E-state index is -0.793. The van der Waals surface area contributed by atoms with Crippen molar-refractivity contribution in [2.75, 3.05) is 0 Å². The number of hydrogen-bond donors (Lipinski definition) is 0. The second-order valence-electron chi connectivity index (χ2n) is 12.9. The zero-order valence-electron chi connectivity index (χ0n) is 24.4. The summed E-state index contributed by atoms with van der Waals surface area (Å²) in [5.74, 6) is -0.513. The maximum absolute atomic E-state index is 14.0. The Hall–Kier alpha value is -5.37. The predicted molar refractivity (Wildman–Crippen MR) is 175 cm³/mol. The molecule has 0 spiro atoms. The van der Waals surface area contributed by atoms with Crippen molar-refractivity contribution in [3.05, 3.63) is 89.9 Å². The minimum Gasteiger partial charge on any atom is -0.443 e. The summed E-state index contributed by atoms with van der Waals surface area (Å²) < 4.78 is 7.71. The van der Waals surface area contributed by atoms with Crippen LogP contribution in [0.3, 0.4) is 0 Å². The fraction of sp³-hybridized carbons (Fsp3) is 0.194. The molecule has 0 atom stereocenters. The van der Waals surface area contributed by atoms with E-state index in [-0.39, 0.29) is 17.7 Å². The lowest BCUT2D eigenvalue weighted by Gasteiger charge is -2.23. The molecule has 0 fully saturated rings. The standard InChI is InChI=1S/C36H24N2O6/c1-5-37-31(39)19-10-15-6-8-17-12-21-28-22(34(42)38(33(21)41)14-44-35(43)36(2,3)4)13-18-9-7-16-11-20(32(37)40)27(19)29-23(15)25(17)30(28)26(18)24(16)29/h6-13H,5,14H2,1-4H3. The molecule has 9 aromatic rings. The molecular weight excluding hydrogens is 556 g/mol. The molecule has 0 radical (unpaired) electrons. The molecule has 8 nitrogen and oxygen atoms in total. The number of benzene rings is 7. The number of nitrogens with zero attached hydrogens (tertiary/aromatic N) is 2. The van der Waals surface area contributed by atoms with E-state index in [4.69, 9.17) is 4.74 Å². The summed E-state index contributed by atoms with van der Waals surface area (Å²) in [6, 6.07) is 15.1. The molecule has 2 heterocycles. The van der Waals surface area contributed by atoms with Crippen molar-refractivity contribution >= 4 is 92.1 Å². The molecule has 0 saturated heterocycles. The summed E-state index contributed by atoms with van der Waals surface area (Å²) >= 11 is 0. The molecule has 0 bridgehead atoms. The van der Waals surface area contributed by atoms with Gasteiger partial charge in [-0.1, -0.05) is 24.3 Å². The first-order chi connectivity index (χ1) is 21.0. The van der Waals surface area contributed by atoms with Gasteiger partial charge in [0.05, 0.1) is 5.41 Å². The zero-order chi connectivity index (χ0) is 30.6. The number of ether oxygens (including phenoxy) is 1. The molecule has 0 amide bonds. The van der Waals surface area contributed by atoms with E-state index in [1.807, 2.05) is 36.4 Å². The number of esters is 1. The van der Waals surface area contributed by atoms with Crippen LogP contribution in [0.4, 0.5) is 0 Å². The number of hydrogen-bond acceptors (Lipinski definition) is 6. The fourth-order valence-corrected chi connectivity index (χ4v) is 7.50. The van der Waals surface area contributed by atoms with Crippen LogP contribution in [-0.2, 0) is 22.8 Å². The van der Waals surface area contributed by atoms with Gasteiger partial charge in [0.25, 0.3) is 22.2 Å². The lowest BCUT2D eigenvalue weighted by atomic mass is 9.80. The Balaban J connectivity index is 1.54. The lowest BCUT2D eigenvalue weighted by Crippen LogP contribution is -2.36. The summed E-state index contributed by atoms with van der Waals surface area (Å²) in [5, 5.41) is 11.5. The van der Waals surface area contributed by atoms with Gasteiger partial charge in [0.15, 0.2) is 6.73 Å². The highest BCUT2D eigenvalue weighted by Crippen LogP contribution is 2.50. The molecule has 9 rings (SSSR count). The van der Waals surface area contributed by atoms with Crippen molar-refractivity contribution in [2.24, 2.45) is 5.41 Å². The maximum atomic E-state index is 14.0. The van der Waals surface area contributed by atoms with Crippen LogP contribution in [0.5, 0.6) is 0 Å². The molecule has 2 aromatic heterocycles. The van der Waals surface area contributed by atoms with Crippen LogP contribution in [0.25, 0.3) is 86.2 Å². The first kappa shape index (κ1) is 25.2. The number of carbonyl (C=O) groups excluding carboxylic acids is 1. The highest BCUT2D eigenvalue weighted by atomic mass is 16.5. The van der Waals surface area contributed by atoms with Gasteiger partial charge in [-0.05, 0) is 95.1 Å². The summed E-state index contributed by atoms with van der Waals surface area (Å²) in [7, 11) is 0. The number of aromatic nitrogens is 2. The summed E-state index contributed by atoms with van der Waals surface area (Å²) in [5.41, 5.74) is -2.45. The quantitative estimate of drug-likeness (QED) is 0.151. The van der Waals surface area contributed by atoms with E-state index in [1.54, 1.807) is 39.8 Å². The molecule has 0 aliphatic rings. The Kier molecular flexibility index (Phi) is 4.44. The molecular formula is C36H24N2O6. The van der Waals surface area contributed by atoms with Crippen LogP contribution in [0.15, 0.2) is 67.7 Å². The van der Waals surface area contributed by atoms with Gasteiger partial charge in [-0.25, -0.2) is 4.57 Å². The normalized spacial score (nSPS) is 13.2. The third-order valence-electron chi connectivity index (χ3n) is 9.47. The molecule has 44 heavy (non-hydrogen) atoms. The van der Waals surface area contributed by atoms with Gasteiger partial charge in [0, 0.05) is 49.6 Å². The van der Waals surface area contributed by atoms with Crippen LogP contribution in [-0.4, -0.2) is 15.1 Å². The van der Waals surface area contributed by atoms with Crippen LogP contribution in [0.2, 0.25) is 0 Å². The Bertz CT molecular complexity index is 2770. The highest BCUT2D eigenvalue weighted by Gasteiger charge is 2.28. The Morgan fingerprint density at radius 2 is 0.909 bits per heavy atom. The van der Waals surface area contributed by atoms with Crippen molar-refractivity contribution in [1.29, 1.82) is 0 Å². The highest BCUT2D eigenvalue weighted by molar-refractivity contribution is 6.49. The van der Waals surface area contributed by atoms with Gasteiger partial charge >= 0.3 is 5.97 Å². The third-order valence-corrected chi connectivity index (χ3v) is 9.47. The van der Waals surface area contributed by atoms with E-state index in [0.717, 1.165) is 58.4 Å². The molecule has 0 N–H and O–H groups in total. The number of pyridine rings is 2. The van der Waals surface area contributed by atoms with Gasteiger partial charge in [0.1, 0.15) is 0 Å². The average Bonchev–Trinajstić information content (AvgIpc) is 3.00. The lowest BCUT2D eigenvalue weighted by molar-refractivity contribution is -0.157. The van der Waals surface area contributed by atoms with E-state index < -0.39 is 29.2 Å². The van der Waals surface area contributed by atoms with Gasteiger partial charge < -0.3 is 4.74 Å². The maximum Gasteiger partial charge on any atom is 0.312 e. The van der Waals surface area contributed by atoms with E-state index in [0.29, 0.717) is 32.3 Å². The molecule has 0 unspecified atom stereocenters. The Morgan fingerprint density at radius 3 is 1.23 bits per heavy atom. The molecule has 0 aliphatic carbocycles. The Labute approximate surface area is 247 Å². The van der Waals surface area contributed by atoms with Crippen LogP contribution in [0, 0.1) is 5.41 Å². The molecule has 8 heteroatoms. The molecule has 0 aliphatic heterocycles. The fourth-order valence-electron chi connectivity index (χ4n) is 7.50. The van der Waals surface area contributed by atoms with Crippen molar-refractivity contribution in [1.82, 2.24) is 9.13 Å². The van der Waals surface area contributed by atoms with Gasteiger partial charge in [-0.15, -0.1) is 0 Å². The second-order valence-corrected chi connectivity index (χ2v) is 12.9. The van der Waals surface area contributed by atoms with Crippen LogP contribution in [0.1, 0.15) is 27.7 Å². The molecule has 214 valence electrons. The van der Waals surface area contributed by atoms with Gasteiger partial charge in [-0.3, -0.25) is 28.5 Å². The van der Waals surface area contributed by atoms with Crippen molar-refractivity contribution < 1.29 is 9.53 Å². The molecule has 0 saturated carbocycles. The topological polar surface area (TPSA) is 104 Å². The summed E-state index contributed by atoms with van der Waals surface area (Å²) in [4.78, 5) is 67.6. The smallest absolute Gasteiger partial charge is 0.312 e. The van der Waals surface area contributed by atoms with Crippen LogP contribution < -0.4 is 22.2 Å². The minimum absolute atomic E-state index is 0.273. The van der Waals surface area contributed by atoms with Crippen molar-refractivity contribution in [3.8, 4) is 0 Å².